The maximum atomic E-state index is 11.6. The Labute approximate surface area is 107 Å². The van der Waals surface area contributed by atoms with E-state index in [-0.39, 0.29) is 18.9 Å². The van der Waals surface area contributed by atoms with E-state index >= 15 is 0 Å². The molecule has 0 aliphatic carbocycles. The van der Waals surface area contributed by atoms with Crippen molar-refractivity contribution in [1.29, 1.82) is 0 Å². The van der Waals surface area contributed by atoms with E-state index in [1.807, 2.05) is 0 Å². The van der Waals surface area contributed by atoms with Crippen LogP contribution in [0.15, 0.2) is 24.3 Å². The van der Waals surface area contributed by atoms with Crippen molar-refractivity contribution in [2.24, 2.45) is 0 Å². The number of anilines is 1. The normalized spacial score (nSPS) is 11.3. The third kappa shape index (κ3) is 3.82. The Morgan fingerprint density at radius 3 is 2.22 bits per heavy atom. The van der Waals surface area contributed by atoms with E-state index in [0.29, 0.717) is 17.7 Å². The first-order valence-electron chi connectivity index (χ1n) is 5.56. The molecule has 0 atom stereocenters. The highest BCUT2D eigenvalue weighted by Gasteiger charge is 2.16. The van der Waals surface area contributed by atoms with Crippen molar-refractivity contribution in [2.75, 3.05) is 23.7 Å². The van der Waals surface area contributed by atoms with Gasteiger partial charge < -0.3 is 5.11 Å². The highest BCUT2D eigenvalue weighted by atomic mass is 32.2. The Hall–Kier alpha value is -1.40. The van der Waals surface area contributed by atoms with Crippen molar-refractivity contribution in [3.05, 3.63) is 29.8 Å². The van der Waals surface area contributed by atoms with Gasteiger partial charge in [-0.3, -0.25) is 9.10 Å². The van der Waals surface area contributed by atoms with Crippen LogP contribution in [0, 0.1) is 0 Å². The lowest BCUT2D eigenvalue weighted by Crippen LogP contribution is -2.31. The first-order chi connectivity index (χ1) is 8.36. The summed E-state index contributed by atoms with van der Waals surface area (Å²) in [5, 5.41) is 8.78. The maximum absolute atomic E-state index is 11.6. The Morgan fingerprint density at radius 2 is 1.83 bits per heavy atom. The van der Waals surface area contributed by atoms with Gasteiger partial charge in [-0.15, -0.1) is 0 Å². The summed E-state index contributed by atoms with van der Waals surface area (Å²) in [5.41, 5.74) is 1.03. The standard InChI is InChI=1S/C12H17NO4S/c1-10(15)11-4-6-12(7-5-11)13(8-3-9-14)18(2,16)17/h4-7,14H,3,8-9H2,1-2H3. The summed E-state index contributed by atoms with van der Waals surface area (Å²) in [5.74, 6) is -0.0668. The zero-order chi connectivity index (χ0) is 13.8. The zero-order valence-corrected chi connectivity index (χ0v) is 11.3. The number of hydrogen-bond donors (Lipinski definition) is 1. The molecule has 0 amide bonds. The number of carbonyl (C=O) groups excluding carboxylic acids is 1. The summed E-state index contributed by atoms with van der Waals surface area (Å²) in [7, 11) is -3.39. The molecule has 6 heteroatoms. The summed E-state index contributed by atoms with van der Waals surface area (Å²) in [6.07, 6.45) is 1.48. The van der Waals surface area contributed by atoms with Gasteiger partial charge in [-0.1, -0.05) is 0 Å². The number of ketones is 1. The molecule has 1 aromatic carbocycles. The molecule has 18 heavy (non-hydrogen) atoms. The molecule has 0 aliphatic heterocycles. The topological polar surface area (TPSA) is 74.7 Å². The van der Waals surface area contributed by atoms with Gasteiger partial charge in [-0.05, 0) is 37.6 Å². The van der Waals surface area contributed by atoms with Crippen LogP contribution in [0.5, 0.6) is 0 Å². The Bertz CT molecular complexity index is 507. The second kappa shape index (κ2) is 5.97. The van der Waals surface area contributed by atoms with Gasteiger partial charge >= 0.3 is 0 Å². The summed E-state index contributed by atoms with van der Waals surface area (Å²) in [4.78, 5) is 11.1. The van der Waals surface area contributed by atoms with Gasteiger partial charge in [0.1, 0.15) is 0 Å². The molecular weight excluding hydrogens is 254 g/mol. The number of aliphatic hydroxyl groups excluding tert-OH is 1. The monoisotopic (exact) mass is 271 g/mol. The van der Waals surface area contributed by atoms with Gasteiger partial charge in [0, 0.05) is 18.7 Å². The fourth-order valence-electron chi connectivity index (χ4n) is 1.56. The Morgan fingerprint density at radius 1 is 1.28 bits per heavy atom. The molecule has 1 N–H and O–H groups in total. The van der Waals surface area contributed by atoms with Gasteiger partial charge in [-0.2, -0.15) is 0 Å². The predicted octanol–water partition coefficient (Wildman–Crippen LogP) is 1.04. The quantitative estimate of drug-likeness (QED) is 0.784. The van der Waals surface area contributed by atoms with Crippen molar-refractivity contribution in [2.45, 2.75) is 13.3 Å². The smallest absolute Gasteiger partial charge is 0.232 e. The van der Waals surface area contributed by atoms with E-state index in [1.54, 1.807) is 24.3 Å². The largest absolute Gasteiger partial charge is 0.396 e. The maximum Gasteiger partial charge on any atom is 0.232 e. The van der Waals surface area contributed by atoms with E-state index in [2.05, 4.69) is 0 Å². The van der Waals surface area contributed by atoms with Crippen LogP contribution in [-0.2, 0) is 10.0 Å². The van der Waals surface area contributed by atoms with E-state index in [0.717, 1.165) is 6.26 Å². The van der Waals surface area contributed by atoms with E-state index in [9.17, 15) is 13.2 Å². The lowest BCUT2D eigenvalue weighted by Gasteiger charge is -2.22. The number of benzene rings is 1. The lowest BCUT2D eigenvalue weighted by molar-refractivity contribution is 0.101. The Balaban J connectivity index is 3.02. The first-order valence-corrected chi connectivity index (χ1v) is 7.40. The molecule has 5 nitrogen and oxygen atoms in total. The van der Waals surface area contributed by atoms with Crippen LogP contribution in [0.1, 0.15) is 23.7 Å². The average Bonchev–Trinajstić information content (AvgIpc) is 2.28. The average molecular weight is 271 g/mol. The molecule has 0 radical (unpaired) electrons. The van der Waals surface area contributed by atoms with Crippen LogP contribution in [0.3, 0.4) is 0 Å². The van der Waals surface area contributed by atoms with Gasteiger partial charge in [0.15, 0.2) is 5.78 Å². The van der Waals surface area contributed by atoms with Crippen molar-refractivity contribution in [3.8, 4) is 0 Å². The fourth-order valence-corrected chi connectivity index (χ4v) is 2.53. The molecular formula is C12H17NO4S. The summed E-state index contributed by atoms with van der Waals surface area (Å²) in [6.45, 7) is 1.60. The highest BCUT2D eigenvalue weighted by Crippen LogP contribution is 2.18. The van der Waals surface area contributed by atoms with Crippen LogP contribution in [-0.4, -0.2) is 38.7 Å². The van der Waals surface area contributed by atoms with Crippen LogP contribution in [0.2, 0.25) is 0 Å². The molecule has 0 unspecified atom stereocenters. The lowest BCUT2D eigenvalue weighted by atomic mass is 10.1. The summed E-state index contributed by atoms with van der Waals surface area (Å²) < 4.78 is 24.5. The number of nitrogens with zero attached hydrogens (tertiary/aromatic N) is 1. The zero-order valence-electron chi connectivity index (χ0n) is 10.5. The minimum atomic E-state index is -3.39. The molecule has 0 aliphatic rings. The molecule has 1 rings (SSSR count). The summed E-state index contributed by atoms with van der Waals surface area (Å²) >= 11 is 0. The van der Waals surface area contributed by atoms with Crippen LogP contribution in [0.25, 0.3) is 0 Å². The van der Waals surface area contributed by atoms with Gasteiger partial charge in [0.2, 0.25) is 10.0 Å². The number of sulfonamides is 1. The molecule has 1 aromatic rings. The molecule has 0 heterocycles. The number of hydrogen-bond acceptors (Lipinski definition) is 4. The first kappa shape index (κ1) is 14.7. The molecule has 100 valence electrons. The van der Waals surface area contributed by atoms with Crippen LogP contribution < -0.4 is 4.31 Å². The number of aliphatic hydroxyl groups is 1. The SMILES string of the molecule is CC(=O)c1ccc(N(CCCO)S(C)(=O)=O)cc1. The highest BCUT2D eigenvalue weighted by molar-refractivity contribution is 7.92. The third-order valence-electron chi connectivity index (χ3n) is 2.48. The number of Topliss-reactive ketones (excluding diaryl/α,β-unsaturated/α-hetero) is 1. The second-order valence-electron chi connectivity index (χ2n) is 4.02. The van der Waals surface area contributed by atoms with E-state index < -0.39 is 10.0 Å². The molecule has 0 spiro atoms. The van der Waals surface area contributed by atoms with Gasteiger partial charge in [0.05, 0.1) is 11.9 Å². The van der Waals surface area contributed by atoms with Crippen LogP contribution >= 0.6 is 0 Å². The molecule has 0 bridgehead atoms. The van der Waals surface area contributed by atoms with Crippen molar-refractivity contribution in [1.82, 2.24) is 0 Å². The summed E-state index contributed by atoms with van der Waals surface area (Å²) in [6, 6.07) is 6.37. The van der Waals surface area contributed by atoms with E-state index in [4.69, 9.17) is 5.11 Å². The molecule has 0 saturated heterocycles. The van der Waals surface area contributed by atoms with Crippen molar-refractivity contribution in [3.63, 3.8) is 0 Å². The Kier molecular flexibility index (Phi) is 4.86. The minimum Gasteiger partial charge on any atom is -0.396 e. The number of carbonyl (C=O) groups is 1. The fraction of sp³-hybridized carbons (Fsp3) is 0.417. The molecule has 0 aromatic heterocycles. The van der Waals surface area contributed by atoms with Crippen molar-refractivity contribution < 1.29 is 18.3 Å². The molecule has 0 saturated carbocycles. The predicted molar refractivity (Wildman–Crippen MR) is 70.3 cm³/mol. The van der Waals surface area contributed by atoms with Gasteiger partial charge in [0.25, 0.3) is 0 Å². The van der Waals surface area contributed by atoms with Gasteiger partial charge in [-0.25, -0.2) is 8.42 Å². The van der Waals surface area contributed by atoms with Crippen LogP contribution in [0.4, 0.5) is 5.69 Å². The third-order valence-corrected chi connectivity index (χ3v) is 3.68. The second-order valence-corrected chi connectivity index (χ2v) is 5.92. The molecule has 0 fully saturated rings. The number of rotatable bonds is 6. The minimum absolute atomic E-state index is 0.0668. The van der Waals surface area contributed by atoms with E-state index in [1.165, 1.54) is 11.2 Å². The van der Waals surface area contributed by atoms with Crippen molar-refractivity contribution >= 4 is 21.5 Å².